The van der Waals surface area contributed by atoms with Crippen molar-refractivity contribution in [2.75, 3.05) is 14.2 Å². The first-order valence-electron chi connectivity index (χ1n) is 9.57. The van der Waals surface area contributed by atoms with E-state index in [4.69, 9.17) is 9.47 Å². The molecule has 2 atom stereocenters. The topological polar surface area (TPSA) is 76.7 Å². The minimum Gasteiger partial charge on any atom is -0.497 e. The van der Waals surface area contributed by atoms with Gasteiger partial charge in [0.15, 0.2) is 0 Å². The number of ether oxygens (including phenoxy) is 2. The van der Waals surface area contributed by atoms with Gasteiger partial charge in [-0.25, -0.2) is 0 Å². The van der Waals surface area contributed by atoms with E-state index in [0.717, 1.165) is 5.56 Å². The van der Waals surface area contributed by atoms with Crippen molar-refractivity contribution in [3.05, 3.63) is 45.1 Å². The fourth-order valence-corrected chi connectivity index (χ4v) is 4.18. The molecule has 0 saturated carbocycles. The highest BCUT2D eigenvalue weighted by Crippen LogP contribution is 2.26. The van der Waals surface area contributed by atoms with Crippen molar-refractivity contribution in [3.8, 4) is 11.5 Å². The molecule has 0 fully saturated rings. The Morgan fingerprint density at radius 2 is 1.52 bits per heavy atom. The zero-order valence-corrected chi connectivity index (χ0v) is 18.9. The standard InChI is InChI=1S/C22H30N2O4S/c1-12(2)20(22(26)23-14(4)19-8-13(3)29-15(19)5)24-21(25)16-9-17(27-6)11-18(10-16)28-7/h8-12,14,20H,1-7H3,(H,23,26)(H,24,25)/t14-,20-/m1/s1. The Bertz CT molecular complexity index is 853. The predicted octanol–water partition coefficient (Wildman–Crippen LogP) is 4.01. The summed E-state index contributed by atoms with van der Waals surface area (Å²) in [5.41, 5.74) is 1.48. The lowest BCUT2D eigenvalue weighted by Gasteiger charge is -2.24. The summed E-state index contributed by atoms with van der Waals surface area (Å²) in [5.74, 6) is 0.378. The van der Waals surface area contributed by atoms with Crippen molar-refractivity contribution < 1.29 is 19.1 Å². The van der Waals surface area contributed by atoms with Gasteiger partial charge in [0.1, 0.15) is 17.5 Å². The highest BCUT2D eigenvalue weighted by atomic mass is 32.1. The number of aryl methyl sites for hydroxylation is 2. The molecule has 0 spiro atoms. The van der Waals surface area contributed by atoms with Crippen LogP contribution in [0, 0.1) is 19.8 Å². The second kappa shape index (κ2) is 9.78. The number of hydrogen-bond acceptors (Lipinski definition) is 5. The maximum atomic E-state index is 12.9. The van der Waals surface area contributed by atoms with Crippen molar-refractivity contribution in [3.63, 3.8) is 0 Å². The van der Waals surface area contributed by atoms with E-state index >= 15 is 0 Å². The molecule has 6 nitrogen and oxygen atoms in total. The second-order valence-corrected chi connectivity index (χ2v) is 8.86. The largest absolute Gasteiger partial charge is 0.497 e. The third-order valence-electron chi connectivity index (χ3n) is 4.75. The van der Waals surface area contributed by atoms with E-state index in [9.17, 15) is 9.59 Å². The summed E-state index contributed by atoms with van der Waals surface area (Å²) in [5, 5.41) is 5.89. The molecule has 1 heterocycles. The first kappa shape index (κ1) is 22.7. The Kier molecular flexibility index (Phi) is 7.67. The number of methoxy groups -OCH3 is 2. The van der Waals surface area contributed by atoms with Gasteiger partial charge in [-0.05, 0) is 50.5 Å². The second-order valence-electron chi connectivity index (χ2n) is 7.40. The number of thiophene rings is 1. The monoisotopic (exact) mass is 418 g/mol. The van der Waals surface area contributed by atoms with Crippen LogP contribution >= 0.6 is 11.3 Å². The van der Waals surface area contributed by atoms with Crippen LogP contribution in [0.5, 0.6) is 11.5 Å². The van der Waals surface area contributed by atoms with Gasteiger partial charge in [0, 0.05) is 21.4 Å². The SMILES string of the molecule is COc1cc(OC)cc(C(=O)N[C@@H](C(=O)N[C@H](C)c2cc(C)sc2C)C(C)C)c1. The van der Waals surface area contributed by atoms with E-state index in [-0.39, 0.29) is 23.8 Å². The summed E-state index contributed by atoms with van der Waals surface area (Å²) in [7, 11) is 3.05. The van der Waals surface area contributed by atoms with Gasteiger partial charge < -0.3 is 20.1 Å². The van der Waals surface area contributed by atoms with E-state index in [1.807, 2.05) is 27.7 Å². The van der Waals surface area contributed by atoms with Gasteiger partial charge in [0.05, 0.1) is 20.3 Å². The molecule has 0 unspecified atom stereocenters. The van der Waals surface area contributed by atoms with Gasteiger partial charge in [-0.15, -0.1) is 11.3 Å². The summed E-state index contributed by atoms with van der Waals surface area (Å²) in [6.45, 7) is 9.87. The molecule has 2 N–H and O–H groups in total. The summed E-state index contributed by atoms with van der Waals surface area (Å²) >= 11 is 1.71. The van der Waals surface area contributed by atoms with E-state index in [0.29, 0.717) is 17.1 Å². The van der Waals surface area contributed by atoms with Gasteiger partial charge in [-0.3, -0.25) is 9.59 Å². The number of nitrogens with one attached hydrogen (secondary N) is 2. The lowest BCUT2D eigenvalue weighted by Crippen LogP contribution is -2.50. The van der Waals surface area contributed by atoms with Crippen LogP contribution in [0.15, 0.2) is 24.3 Å². The van der Waals surface area contributed by atoms with Gasteiger partial charge in [0.2, 0.25) is 5.91 Å². The van der Waals surface area contributed by atoms with E-state index in [2.05, 4.69) is 23.6 Å². The molecule has 7 heteroatoms. The van der Waals surface area contributed by atoms with Gasteiger partial charge >= 0.3 is 0 Å². The molecule has 0 radical (unpaired) electrons. The van der Waals surface area contributed by atoms with Crippen molar-refractivity contribution in [2.45, 2.75) is 46.7 Å². The lowest BCUT2D eigenvalue weighted by atomic mass is 10.0. The predicted molar refractivity (Wildman–Crippen MR) is 116 cm³/mol. The van der Waals surface area contributed by atoms with Gasteiger partial charge in [-0.1, -0.05) is 13.8 Å². The summed E-state index contributed by atoms with van der Waals surface area (Å²) in [6.07, 6.45) is 0. The van der Waals surface area contributed by atoms with E-state index < -0.39 is 6.04 Å². The van der Waals surface area contributed by atoms with Crippen LogP contribution in [0.3, 0.4) is 0 Å². The maximum Gasteiger partial charge on any atom is 0.252 e. The lowest BCUT2D eigenvalue weighted by molar-refractivity contribution is -0.124. The molecule has 1 aromatic carbocycles. The molecule has 1 aromatic heterocycles. The molecule has 158 valence electrons. The average molecular weight is 419 g/mol. The van der Waals surface area contributed by atoms with Crippen LogP contribution in [0.25, 0.3) is 0 Å². The van der Waals surface area contributed by atoms with Crippen molar-refractivity contribution >= 4 is 23.2 Å². The zero-order valence-electron chi connectivity index (χ0n) is 18.1. The van der Waals surface area contributed by atoms with Crippen LogP contribution in [-0.4, -0.2) is 32.1 Å². The van der Waals surface area contributed by atoms with E-state index in [1.165, 1.54) is 24.0 Å². The molecular weight excluding hydrogens is 388 g/mol. The molecule has 0 saturated heterocycles. The Morgan fingerprint density at radius 3 is 1.97 bits per heavy atom. The van der Waals surface area contributed by atoms with Gasteiger partial charge in [0.25, 0.3) is 5.91 Å². The average Bonchev–Trinajstić information content (AvgIpc) is 3.03. The Balaban J connectivity index is 2.16. The molecule has 0 aliphatic carbocycles. The zero-order chi connectivity index (χ0) is 21.7. The summed E-state index contributed by atoms with van der Waals surface area (Å²) in [4.78, 5) is 28.1. The molecule has 0 bridgehead atoms. The number of rotatable bonds is 8. The Hall–Kier alpha value is -2.54. The normalized spacial score (nSPS) is 13.0. The van der Waals surface area contributed by atoms with Gasteiger partial charge in [-0.2, -0.15) is 0 Å². The first-order chi connectivity index (χ1) is 13.7. The third-order valence-corrected chi connectivity index (χ3v) is 5.74. The minimum atomic E-state index is -0.665. The quantitative estimate of drug-likeness (QED) is 0.679. The maximum absolute atomic E-state index is 12.9. The van der Waals surface area contributed by atoms with Crippen molar-refractivity contribution in [1.82, 2.24) is 10.6 Å². The summed E-state index contributed by atoms with van der Waals surface area (Å²) in [6, 6.07) is 6.22. The van der Waals surface area contributed by atoms with Crippen molar-refractivity contribution in [1.29, 1.82) is 0 Å². The van der Waals surface area contributed by atoms with Crippen LogP contribution in [-0.2, 0) is 4.79 Å². The van der Waals surface area contributed by atoms with Crippen LogP contribution in [0.4, 0.5) is 0 Å². The number of carbonyl (C=O) groups is 2. The molecule has 2 aromatic rings. The summed E-state index contributed by atoms with van der Waals surface area (Å²) < 4.78 is 10.4. The first-order valence-corrected chi connectivity index (χ1v) is 10.4. The smallest absolute Gasteiger partial charge is 0.252 e. The van der Waals surface area contributed by atoms with Crippen LogP contribution < -0.4 is 20.1 Å². The molecule has 29 heavy (non-hydrogen) atoms. The molecule has 2 amide bonds. The molecular formula is C22H30N2O4S. The van der Waals surface area contributed by atoms with Crippen molar-refractivity contribution in [2.24, 2.45) is 5.92 Å². The molecule has 0 aliphatic rings. The number of hydrogen-bond donors (Lipinski definition) is 2. The third kappa shape index (κ3) is 5.73. The fraction of sp³-hybridized carbons (Fsp3) is 0.455. The van der Waals surface area contributed by atoms with E-state index in [1.54, 1.807) is 29.5 Å². The minimum absolute atomic E-state index is 0.0797. The van der Waals surface area contributed by atoms with Crippen LogP contribution in [0.1, 0.15) is 52.5 Å². The highest BCUT2D eigenvalue weighted by molar-refractivity contribution is 7.12. The highest BCUT2D eigenvalue weighted by Gasteiger charge is 2.27. The number of carbonyl (C=O) groups excluding carboxylic acids is 2. The number of amides is 2. The Morgan fingerprint density at radius 1 is 0.931 bits per heavy atom. The van der Waals surface area contributed by atoms with Crippen LogP contribution in [0.2, 0.25) is 0 Å². The fourth-order valence-electron chi connectivity index (χ4n) is 3.16. The Labute approximate surface area is 176 Å². The molecule has 0 aliphatic heterocycles. The molecule has 2 rings (SSSR count). The number of benzene rings is 1.